The maximum Gasteiger partial charge on any atom is 0.230 e. The number of ether oxygens (including phenoxy) is 1. The van der Waals surface area contributed by atoms with Gasteiger partial charge in [0.2, 0.25) is 5.88 Å². The lowest BCUT2D eigenvalue weighted by molar-refractivity contribution is 0.319. The average Bonchev–Trinajstić information content (AvgIpc) is 3.02. The van der Waals surface area contributed by atoms with Gasteiger partial charge in [-0.15, -0.1) is 0 Å². The molecule has 2 aliphatic rings. The molecule has 0 saturated heterocycles. The Labute approximate surface area is 164 Å². The molecule has 6 rings (SSSR count). The van der Waals surface area contributed by atoms with Crippen LogP contribution in [0.4, 0.5) is 11.5 Å². The maximum atomic E-state index is 6.00. The first-order valence-corrected chi connectivity index (χ1v) is 9.23. The Kier molecular flexibility index (Phi) is 3.21. The van der Waals surface area contributed by atoms with Gasteiger partial charge in [0.25, 0.3) is 0 Å². The van der Waals surface area contributed by atoms with Gasteiger partial charge in [0.05, 0.1) is 18.4 Å². The quantitative estimate of drug-likeness (QED) is 0.523. The summed E-state index contributed by atoms with van der Waals surface area (Å²) in [6, 6.07) is 11.9. The fourth-order valence-electron chi connectivity index (χ4n) is 3.61. The molecule has 1 aromatic carbocycles. The summed E-state index contributed by atoms with van der Waals surface area (Å²) in [6.07, 6.45) is 5.36. The lowest BCUT2D eigenvalue weighted by Gasteiger charge is -2.27. The van der Waals surface area contributed by atoms with Gasteiger partial charge in [-0.25, -0.2) is 19.9 Å². The number of benzene rings is 1. The molecule has 4 aromatic rings. The number of halogens is 1. The zero-order valence-electron chi connectivity index (χ0n) is 14.6. The van der Waals surface area contributed by atoms with Crippen molar-refractivity contribution in [3.63, 3.8) is 0 Å². The molecule has 8 heteroatoms. The van der Waals surface area contributed by atoms with E-state index in [1.54, 1.807) is 0 Å². The van der Waals surface area contributed by atoms with E-state index in [9.17, 15) is 0 Å². The normalized spacial score (nSPS) is 14.8. The molecule has 0 fully saturated rings. The third kappa shape index (κ3) is 2.23. The van der Waals surface area contributed by atoms with E-state index in [4.69, 9.17) is 21.3 Å². The zero-order valence-corrected chi connectivity index (χ0v) is 15.3. The van der Waals surface area contributed by atoms with Crippen molar-refractivity contribution in [1.29, 1.82) is 0 Å². The van der Waals surface area contributed by atoms with E-state index in [1.165, 1.54) is 6.33 Å². The Morgan fingerprint density at radius 1 is 1.00 bits per heavy atom. The number of aliphatic imine (C=N–C) groups is 1. The molecular weight excluding hydrogens is 376 g/mol. The molecule has 7 nitrogen and oxygen atoms in total. The van der Waals surface area contributed by atoms with Gasteiger partial charge in [0, 0.05) is 22.3 Å². The van der Waals surface area contributed by atoms with Gasteiger partial charge < -0.3 is 14.2 Å². The third-order valence-corrected chi connectivity index (χ3v) is 5.22. The second-order valence-corrected chi connectivity index (χ2v) is 7.02. The molecule has 0 radical (unpaired) electrons. The van der Waals surface area contributed by atoms with Crippen LogP contribution in [-0.4, -0.2) is 38.5 Å². The van der Waals surface area contributed by atoms with Crippen LogP contribution in [0.2, 0.25) is 5.02 Å². The molecule has 28 heavy (non-hydrogen) atoms. The summed E-state index contributed by atoms with van der Waals surface area (Å²) in [5.74, 6) is 2.11. The van der Waals surface area contributed by atoms with Crippen molar-refractivity contribution in [3.8, 4) is 11.6 Å². The molecule has 0 atom stereocenters. The summed E-state index contributed by atoms with van der Waals surface area (Å²) in [4.78, 5) is 19.8. The summed E-state index contributed by atoms with van der Waals surface area (Å²) in [5.41, 5.74) is 3.74. The molecule has 0 amide bonds. The highest BCUT2D eigenvalue weighted by Gasteiger charge is 2.34. The van der Waals surface area contributed by atoms with Gasteiger partial charge in [0.15, 0.2) is 11.7 Å². The van der Waals surface area contributed by atoms with Crippen LogP contribution in [0.3, 0.4) is 0 Å². The first kappa shape index (κ1) is 15.6. The topological polar surface area (TPSA) is 68.4 Å². The molecule has 0 unspecified atom stereocenters. The largest absolute Gasteiger partial charge is 0.475 e. The summed E-state index contributed by atoms with van der Waals surface area (Å²) >= 11 is 6.00. The fraction of sp³-hybridized carbons (Fsp3) is 0.100. The first-order valence-electron chi connectivity index (χ1n) is 8.85. The number of fused-ring (bicyclic) bond motifs is 1. The average molecular weight is 389 g/mol. The highest BCUT2D eigenvalue weighted by molar-refractivity contribution is 6.30. The van der Waals surface area contributed by atoms with Crippen molar-refractivity contribution >= 4 is 40.0 Å². The Hall–Kier alpha value is -3.45. The lowest BCUT2D eigenvalue weighted by atomic mass is 10.1. The number of nitrogens with zero attached hydrogens (tertiary/aromatic N) is 6. The van der Waals surface area contributed by atoms with Crippen LogP contribution in [0.15, 0.2) is 60.1 Å². The Bertz CT molecular complexity index is 1260. The molecule has 0 aliphatic carbocycles. The van der Waals surface area contributed by atoms with E-state index in [2.05, 4.69) is 32.0 Å². The van der Waals surface area contributed by atoms with Crippen molar-refractivity contribution < 1.29 is 4.74 Å². The number of hydrogen-bond acceptors (Lipinski definition) is 6. The molecule has 0 bridgehead atoms. The van der Waals surface area contributed by atoms with Crippen LogP contribution in [-0.2, 0) is 0 Å². The Morgan fingerprint density at radius 2 is 1.89 bits per heavy atom. The van der Waals surface area contributed by atoms with Gasteiger partial charge in [-0.05, 0) is 36.4 Å². The molecule has 5 heterocycles. The predicted molar refractivity (Wildman–Crippen MR) is 107 cm³/mol. The van der Waals surface area contributed by atoms with E-state index >= 15 is 0 Å². The van der Waals surface area contributed by atoms with Crippen molar-refractivity contribution in [3.05, 3.63) is 65.7 Å². The Morgan fingerprint density at radius 3 is 2.79 bits per heavy atom. The van der Waals surface area contributed by atoms with Gasteiger partial charge in [-0.2, -0.15) is 0 Å². The number of pyridine rings is 1. The molecular formula is C20H13ClN6O. The number of anilines is 1. The molecule has 0 N–H and O–H groups in total. The van der Waals surface area contributed by atoms with Gasteiger partial charge >= 0.3 is 0 Å². The second-order valence-electron chi connectivity index (χ2n) is 6.58. The van der Waals surface area contributed by atoms with Crippen molar-refractivity contribution in [1.82, 2.24) is 19.5 Å². The van der Waals surface area contributed by atoms with Crippen LogP contribution in [0, 0.1) is 0 Å². The minimum Gasteiger partial charge on any atom is -0.475 e. The second kappa shape index (κ2) is 5.77. The van der Waals surface area contributed by atoms with Crippen molar-refractivity contribution in [2.24, 2.45) is 4.99 Å². The van der Waals surface area contributed by atoms with Crippen LogP contribution >= 0.6 is 11.6 Å². The van der Waals surface area contributed by atoms with Crippen LogP contribution in [0.1, 0.15) is 5.56 Å². The molecule has 0 spiro atoms. The summed E-state index contributed by atoms with van der Waals surface area (Å²) < 4.78 is 7.81. The smallest absolute Gasteiger partial charge is 0.230 e. The summed E-state index contributed by atoms with van der Waals surface area (Å²) in [6.45, 7) is 1.19. The van der Waals surface area contributed by atoms with Gasteiger partial charge in [-0.1, -0.05) is 11.6 Å². The molecule has 136 valence electrons. The highest BCUT2D eigenvalue weighted by atomic mass is 35.5. The molecule has 0 saturated carbocycles. The van der Waals surface area contributed by atoms with Crippen molar-refractivity contribution in [2.75, 3.05) is 18.1 Å². The maximum absolute atomic E-state index is 6.00. The standard InChI is InChI=1S/C20H13ClN6O/c21-13-1-3-14(4-2-13)26-6-5-12-9-15(10-22-18(12)26)27-7-8-28-20-16-17(23-11-24-20)25-19(16)27/h1-6,9-11H,7-8H2. The zero-order chi connectivity index (χ0) is 18.7. The van der Waals surface area contributed by atoms with E-state index in [0.717, 1.165) is 33.8 Å². The Balaban J connectivity index is 1.41. The predicted octanol–water partition coefficient (Wildman–Crippen LogP) is 3.76. The van der Waals surface area contributed by atoms with Gasteiger partial charge in [0.1, 0.15) is 24.1 Å². The van der Waals surface area contributed by atoms with Crippen LogP contribution in [0.25, 0.3) is 16.7 Å². The molecule has 3 aromatic heterocycles. The van der Waals surface area contributed by atoms with Crippen molar-refractivity contribution in [2.45, 2.75) is 0 Å². The number of amidine groups is 1. The number of rotatable bonds is 2. The van der Waals surface area contributed by atoms with Crippen LogP contribution in [0.5, 0.6) is 5.88 Å². The minimum absolute atomic E-state index is 0.520. The summed E-state index contributed by atoms with van der Waals surface area (Å²) in [5, 5.41) is 1.76. The summed E-state index contributed by atoms with van der Waals surface area (Å²) in [7, 11) is 0. The first-order chi connectivity index (χ1) is 13.8. The number of hydrogen-bond donors (Lipinski definition) is 0. The minimum atomic E-state index is 0.520. The van der Waals surface area contributed by atoms with E-state index in [-0.39, 0.29) is 0 Å². The monoisotopic (exact) mass is 388 g/mol. The van der Waals surface area contributed by atoms with E-state index < -0.39 is 0 Å². The highest BCUT2D eigenvalue weighted by Crippen LogP contribution is 2.38. The van der Waals surface area contributed by atoms with E-state index in [0.29, 0.717) is 29.9 Å². The SMILES string of the molecule is Clc1ccc(-n2ccc3cc(N4CCOc5ncnc6c5C4=N6)cnc32)cc1. The lowest BCUT2D eigenvalue weighted by Crippen LogP contribution is -2.35. The van der Waals surface area contributed by atoms with Crippen LogP contribution < -0.4 is 9.64 Å². The number of aromatic nitrogens is 4. The fourth-order valence-corrected chi connectivity index (χ4v) is 3.74. The van der Waals surface area contributed by atoms with E-state index in [1.807, 2.05) is 41.2 Å². The molecule has 2 aliphatic heterocycles. The van der Waals surface area contributed by atoms with Gasteiger partial charge in [-0.3, -0.25) is 0 Å². The third-order valence-electron chi connectivity index (χ3n) is 4.97.